The van der Waals surface area contributed by atoms with E-state index < -0.39 is 0 Å². The second-order valence-electron chi connectivity index (χ2n) is 5.77. The van der Waals surface area contributed by atoms with E-state index in [1.165, 1.54) is 25.7 Å². The Hall–Kier alpha value is -1.51. The molecule has 3 nitrogen and oxygen atoms in total. The summed E-state index contributed by atoms with van der Waals surface area (Å²) in [4.78, 5) is 14.6. The first kappa shape index (κ1) is 12.5. The number of hydrogen-bond donors (Lipinski definition) is 0. The van der Waals surface area contributed by atoms with Crippen LogP contribution in [0.5, 0.6) is 5.75 Å². The van der Waals surface area contributed by atoms with Crippen molar-refractivity contribution in [3.63, 3.8) is 0 Å². The number of carbonyl (C=O) groups excluding carboxylic acids is 1. The SMILES string of the molecule is COc1c(C)cc(C(=O)N2C3CCCCC32)cc1C. The molecule has 3 rings (SSSR count). The molecule has 1 amide bonds. The third kappa shape index (κ3) is 2.01. The zero-order valence-corrected chi connectivity index (χ0v) is 11.9. The molecule has 0 spiro atoms. The van der Waals surface area contributed by atoms with Crippen LogP contribution in [-0.2, 0) is 0 Å². The number of nitrogens with zero attached hydrogens (tertiary/aromatic N) is 1. The Morgan fingerprint density at radius 2 is 1.68 bits per heavy atom. The quantitative estimate of drug-likeness (QED) is 0.764. The van der Waals surface area contributed by atoms with Crippen LogP contribution < -0.4 is 4.74 Å². The Kier molecular flexibility index (Phi) is 3.00. The zero-order chi connectivity index (χ0) is 13.6. The molecular formula is C16H21NO2. The molecule has 2 atom stereocenters. The van der Waals surface area contributed by atoms with E-state index in [-0.39, 0.29) is 5.91 Å². The Labute approximate surface area is 114 Å². The highest BCUT2D eigenvalue weighted by Gasteiger charge is 2.51. The lowest BCUT2D eigenvalue weighted by atomic mass is 10.0. The van der Waals surface area contributed by atoms with Crippen molar-refractivity contribution in [1.29, 1.82) is 0 Å². The summed E-state index contributed by atoms with van der Waals surface area (Å²) in [6, 6.07) is 4.95. The molecule has 1 aliphatic heterocycles. The summed E-state index contributed by atoms with van der Waals surface area (Å²) in [6.07, 6.45) is 4.91. The maximum Gasteiger partial charge on any atom is 0.254 e. The van der Waals surface area contributed by atoms with Gasteiger partial charge in [0.05, 0.1) is 19.2 Å². The van der Waals surface area contributed by atoms with Crippen molar-refractivity contribution in [2.75, 3.05) is 7.11 Å². The van der Waals surface area contributed by atoms with Crippen molar-refractivity contribution in [3.8, 4) is 5.75 Å². The minimum Gasteiger partial charge on any atom is -0.496 e. The normalized spacial score (nSPS) is 24.9. The summed E-state index contributed by atoms with van der Waals surface area (Å²) in [7, 11) is 1.68. The first-order valence-corrected chi connectivity index (χ1v) is 7.11. The molecule has 1 heterocycles. The molecule has 2 aliphatic rings. The Balaban J connectivity index is 1.85. The first-order chi connectivity index (χ1) is 9.13. The molecule has 102 valence electrons. The monoisotopic (exact) mass is 259 g/mol. The van der Waals surface area contributed by atoms with E-state index in [1.807, 2.05) is 26.0 Å². The van der Waals surface area contributed by atoms with Crippen LogP contribution in [0.25, 0.3) is 0 Å². The van der Waals surface area contributed by atoms with Gasteiger partial charge in [-0.25, -0.2) is 0 Å². The first-order valence-electron chi connectivity index (χ1n) is 7.11. The number of rotatable bonds is 2. The lowest BCUT2D eigenvalue weighted by Gasteiger charge is -2.11. The van der Waals surface area contributed by atoms with Gasteiger partial charge in [-0.05, 0) is 49.9 Å². The predicted molar refractivity (Wildman–Crippen MR) is 74.7 cm³/mol. The van der Waals surface area contributed by atoms with Crippen molar-refractivity contribution in [2.45, 2.75) is 51.6 Å². The standard InChI is InChI=1S/C16H21NO2/c1-10-8-12(9-11(2)15(10)19-3)16(18)17-13-6-4-5-7-14(13)17/h8-9,13-14H,4-7H2,1-3H3. The molecule has 19 heavy (non-hydrogen) atoms. The molecule has 1 saturated carbocycles. The Morgan fingerprint density at radius 1 is 1.16 bits per heavy atom. The predicted octanol–water partition coefficient (Wildman–Crippen LogP) is 3.08. The molecule has 0 N–H and O–H groups in total. The van der Waals surface area contributed by atoms with Gasteiger partial charge in [0.15, 0.2) is 0 Å². The van der Waals surface area contributed by atoms with Gasteiger partial charge in [0.1, 0.15) is 5.75 Å². The summed E-state index contributed by atoms with van der Waals surface area (Å²) >= 11 is 0. The van der Waals surface area contributed by atoms with Crippen LogP contribution in [0.3, 0.4) is 0 Å². The van der Waals surface area contributed by atoms with Crippen LogP contribution in [0.4, 0.5) is 0 Å². The van der Waals surface area contributed by atoms with Crippen molar-refractivity contribution in [3.05, 3.63) is 28.8 Å². The van der Waals surface area contributed by atoms with Crippen LogP contribution in [-0.4, -0.2) is 30.0 Å². The Bertz CT molecular complexity index is 488. The minimum atomic E-state index is 0.200. The van der Waals surface area contributed by atoms with Gasteiger partial charge < -0.3 is 9.64 Å². The molecule has 1 aliphatic carbocycles. The second kappa shape index (κ2) is 4.55. The van der Waals surface area contributed by atoms with Crippen LogP contribution in [0.15, 0.2) is 12.1 Å². The van der Waals surface area contributed by atoms with Crippen molar-refractivity contribution in [2.24, 2.45) is 0 Å². The summed E-state index contributed by atoms with van der Waals surface area (Å²) in [5.74, 6) is 1.09. The van der Waals surface area contributed by atoms with Crippen LogP contribution in [0, 0.1) is 13.8 Å². The lowest BCUT2D eigenvalue weighted by Crippen LogP contribution is -2.15. The average Bonchev–Trinajstić information content (AvgIpc) is 3.11. The van der Waals surface area contributed by atoms with E-state index >= 15 is 0 Å². The van der Waals surface area contributed by atoms with Gasteiger partial charge in [0.25, 0.3) is 5.91 Å². The minimum absolute atomic E-state index is 0.200. The number of amides is 1. The fourth-order valence-corrected chi connectivity index (χ4v) is 3.55. The highest BCUT2D eigenvalue weighted by atomic mass is 16.5. The number of fused-ring (bicyclic) bond motifs is 1. The molecule has 2 fully saturated rings. The van der Waals surface area contributed by atoms with Gasteiger partial charge in [0, 0.05) is 5.56 Å². The van der Waals surface area contributed by atoms with Gasteiger partial charge in [-0.1, -0.05) is 12.8 Å². The van der Waals surface area contributed by atoms with Gasteiger partial charge in [-0.3, -0.25) is 4.79 Å². The third-order valence-electron chi connectivity index (χ3n) is 4.46. The second-order valence-corrected chi connectivity index (χ2v) is 5.77. The van der Waals surface area contributed by atoms with E-state index in [4.69, 9.17) is 4.74 Å². The highest BCUT2D eigenvalue weighted by molar-refractivity contribution is 5.97. The number of likely N-dealkylation sites (tertiary alicyclic amines) is 1. The number of benzene rings is 1. The fraction of sp³-hybridized carbons (Fsp3) is 0.562. The molecule has 1 aromatic carbocycles. The van der Waals surface area contributed by atoms with Crippen LogP contribution in [0.1, 0.15) is 47.2 Å². The van der Waals surface area contributed by atoms with E-state index in [9.17, 15) is 4.79 Å². The Morgan fingerprint density at radius 3 is 2.16 bits per heavy atom. The van der Waals surface area contributed by atoms with Gasteiger partial charge in [-0.15, -0.1) is 0 Å². The van der Waals surface area contributed by atoms with Crippen molar-refractivity contribution < 1.29 is 9.53 Å². The number of hydrogen-bond acceptors (Lipinski definition) is 2. The highest BCUT2D eigenvalue weighted by Crippen LogP contribution is 2.41. The number of ether oxygens (including phenoxy) is 1. The van der Waals surface area contributed by atoms with Gasteiger partial charge >= 0.3 is 0 Å². The van der Waals surface area contributed by atoms with Crippen molar-refractivity contribution in [1.82, 2.24) is 4.90 Å². The van der Waals surface area contributed by atoms with E-state index in [2.05, 4.69) is 4.90 Å². The number of methoxy groups -OCH3 is 1. The smallest absolute Gasteiger partial charge is 0.254 e. The largest absolute Gasteiger partial charge is 0.496 e. The fourth-order valence-electron chi connectivity index (χ4n) is 3.55. The molecule has 0 bridgehead atoms. The number of carbonyl (C=O) groups is 1. The molecule has 1 saturated heterocycles. The van der Waals surface area contributed by atoms with E-state index in [0.29, 0.717) is 12.1 Å². The maximum atomic E-state index is 12.6. The summed E-state index contributed by atoms with van der Waals surface area (Å²) < 4.78 is 5.36. The summed E-state index contributed by atoms with van der Waals surface area (Å²) in [5.41, 5.74) is 2.89. The lowest BCUT2D eigenvalue weighted by molar-refractivity contribution is 0.0865. The summed E-state index contributed by atoms with van der Waals surface area (Å²) in [5, 5.41) is 0. The van der Waals surface area contributed by atoms with Crippen molar-refractivity contribution >= 4 is 5.91 Å². The van der Waals surface area contributed by atoms with E-state index in [1.54, 1.807) is 7.11 Å². The van der Waals surface area contributed by atoms with E-state index in [0.717, 1.165) is 22.4 Å². The molecular weight excluding hydrogens is 238 g/mol. The summed E-state index contributed by atoms with van der Waals surface area (Å²) in [6.45, 7) is 4.00. The van der Waals surface area contributed by atoms with Gasteiger partial charge in [0.2, 0.25) is 0 Å². The zero-order valence-electron chi connectivity index (χ0n) is 11.9. The van der Waals surface area contributed by atoms with Gasteiger partial charge in [-0.2, -0.15) is 0 Å². The van der Waals surface area contributed by atoms with Crippen LogP contribution >= 0.6 is 0 Å². The average molecular weight is 259 g/mol. The number of aryl methyl sites for hydroxylation is 2. The topological polar surface area (TPSA) is 29.3 Å². The molecule has 3 heteroatoms. The third-order valence-corrected chi connectivity index (χ3v) is 4.46. The molecule has 2 unspecified atom stereocenters. The van der Waals surface area contributed by atoms with Crippen LogP contribution in [0.2, 0.25) is 0 Å². The molecule has 0 radical (unpaired) electrons. The molecule has 0 aromatic heterocycles. The molecule has 1 aromatic rings. The maximum absolute atomic E-state index is 12.6.